The minimum Gasteiger partial charge on any atom is -0.469 e. The van der Waals surface area contributed by atoms with Gasteiger partial charge in [-0.25, -0.2) is 0 Å². The molecule has 6 heteroatoms. The highest BCUT2D eigenvalue weighted by molar-refractivity contribution is 5.00. The third-order valence-corrected chi connectivity index (χ3v) is 2.37. The Hall–Kier alpha value is -1.69. The summed E-state index contributed by atoms with van der Waals surface area (Å²) in [5, 5.41) is 17.2. The Kier molecular flexibility index (Phi) is 3.31. The van der Waals surface area contributed by atoms with E-state index in [-0.39, 0.29) is 6.04 Å². The van der Waals surface area contributed by atoms with E-state index in [2.05, 4.69) is 32.9 Å². The molecule has 2 rings (SSSR count). The van der Waals surface area contributed by atoms with E-state index in [1.807, 2.05) is 19.1 Å². The Morgan fingerprint density at radius 3 is 3.00 bits per heavy atom. The van der Waals surface area contributed by atoms with Crippen LogP contribution in [0.1, 0.15) is 31.5 Å². The lowest BCUT2D eigenvalue weighted by Gasteiger charge is -2.16. The van der Waals surface area contributed by atoms with E-state index in [0.717, 1.165) is 12.2 Å². The zero-order valence-electron chi connectivity index (χ0n) is 9.34. The second kappa shape index (κ2) is 4.89. The predicted octanol–water partition coefficient (Wildman–Crippen LogP) is 1.07. The second-order valence-corrected chi connectivity index (χ2v) is 3.84. The van der Waals surface area contributed by atoms with Crippen molar-refractivity contribution < 1.29 is 4.42 Å². The van der Waals surface area contributed by atoms with Crippen molar-refractivity contribution in [3.8, 4) is 0 Å². The van der Waals surface area contributed by atoms with E-state index in [0.29, 0.717) is 11.9 Å². The summed E-state index contributed by atoms with van der Waals surface area (Å²) in [7, 11) is 0. The SMILES string of the molecule is CC(Cc1ccco1)NC(C)c1nn[nH]n1. The lowest BCUT2D eigenvalue weighted by Crippen LogP contribution is -2.31. The van der Waals surface area contributed by atoms with Crippen molar-refractivity contribution in [1.82, 2.24) is 25.9 Å². The van der Waals surface area contributed by atoms with Crippen LogP contribution in [0.5, 0.6) is 0 Å². The van der Waals surface area contributed by atoms with Crippen LogP contribution >= 0.6 is 0 Å². The molecule has 6 nitrogen and oxygen atoms in total. The molecule has 0 aliphatic rings. The summed E-state index contributed by atoms with van der Waals surface area (Å²) in [5.74, 6) is 1.65. The summed E-state index contributed by atoms with van der Waals surface area (Å²) in [6, 6.07) is 4.23. The van der Waals surface area contributed by atoms with E-state index < -0.39 is 0 Å². The van der Waals surface area contributed by atoms with Gasteiger partial charge in [0.1, 0.15) is 5.76 Å². The quantitative estimate of drug-likeness (QED) is 0.789. The number of nitrogens with one attached hydrogen (secondary N) is 2. The molecule has 0 bridgehead atoms. The zero-order chi connectivity index (χ0) is 11.4. The van der Waals surface area contributed by atoms with Crippen LogP contribution in [0.4, 0.5) is 0 Å². The van der Waals surface area contributed by atoms with Crippen LogP contribution in [0.25, 0.3) is 0 Å². The van der Waals surface area contributed by atoms with E-state index >= 15 is 0 Å². The molecule has 0 amide bonds. The Bertz CT molecular complexity index is 397. The third kappa shape index (κ3) is 2.66. The number of rotatable bonds is 5. The first-order chi connectivity index (χ1) is 7.75. The molecule has 2 N–H and O–H groups in total. The molecule has 86 valence electrons. The lowest BCUT2D eigenvalue weighted by molar-refractivity contribution is 0.421. The van der Waals surface area contributed by atoms with E-state index in [1.165, 1.54) is 0 Å². The molecule has 0 saturated heterocycles. The first kappa shape index (κ1) is 10.8. The van der Waals surface area contributed by atoms with Gasteiger partial charge >= 0.3 is 0 Å². The van der Waals surface area contributed by atoms with Crippen LogP contribution in [0.2, 0.25) is 0 Å². The molecule has 0 aliphatic heterocycles. The fraction of sp³-hybridized carbons (Fsp3) is 0.500. The monoisotopic (exact) mass is 221 g/mol. The molecule has 2 atom stereocenters. The number of furan rings is 1. The maximum Gasteiger partial charge on any atom is 0.191 e. The minimum atomic E-state index is 0.0729. The van der Waals surface area contributed by atoms with Crippen molar-refractivity contribution in [2.45, 2.75) is 32.4 Å². The van der Waals surface area contributed by atoms with Crippen LogP contribution in [-0.4, -0.2) is 26.7 Å². The van der Waals surface area contributed by atoms with Crippen molar-refractivity contribution in [2.75, 3.05) is 0 Å². The van der Waals surface area contributed by atoms with Crippen molar-refractivity contribution in [2.24, 2.45) is 0 Å². The predicted molar refractivity (Wildman–Crippen MR) is 57.6 cm³/mol. The summed E-state index contributed by atoms with van der Waals surface area (Å²) in [6.45, 7) is 4.10. The van der Waals surface area contributed by atoms with Gasteiger partial charge in [-0.05, 0) is 26.0 Å². The number of nitrogens with zero attached hydrogens (tertiary/aromatic N) is 3. The van der Waals surface area contributed by atoms with E-state index in [9.17, 15) is 0 Å². The lowest BCUT2D eigenvalue weighted by atomic mass is 10.1. The van der Waals surface area contributed by atoms with E-state index in [4.69, 9.17) is 4.42 Å². The number of hydrogen-bond donors (Lipinski definition) is 2. The molecular formula is C10H15N5O. The fourth-order valence-electron chi connectivity index (χ4n) is 1.64. The molecule has 0 radical (unpaired) electrons. The normalized spacial score (nSPS) is 14.9. The molecule has 2 aromatic heterocycles. The van der Waals surface area contributed by atoms with Crippen molar-refractivity contribution in [3.05, 3.63) is 30.0 Å². The number of tetrazole rings is 1. The Morgan fingerprint density at radius 2 is 2.38 bits per heavy atom. The highest BCUT2D eigenvalue weighted by atomic mass is 16.3. The van der Waals surface area contributed by atoms with Gasteiger partial charge in [0.15, 0.2) is 5.82 Å². The maximum atomic E-state index is 5.29. The molecule has 0 aromatic carbocycles. The Labute approximate surface area is 93.4 Å². The van der Waals surface area contributed by atoms with Crippen molar-refractivity contribution in [1.29, 1.82) is 0 Å². The van der Waals surface area contributed by atoms with Crippen molar-refractivity contribution in [3.63, 3.8) is 0 Å². The summed E-state index contributed by atoms with van der Waals surface area (Å²) < 4.78 is 5.29. The van der Waals surface area contributed by atoms with Gasteiger partial charge in [0, 0.05) is 12.5 Å². The largest absolute Gasteiger partial charge is 0.469 e. The van der Waals surface area contributed by atoms with Gasteiger partial charge in [-0.15, -0.1) is 10.2 Å². The number of hydrogen-bond acceptors (Lipinski definition) is 5. The second-order valence-electron chi connectivity index (χ2n) is 3.84. The molecule has 0 fully saturated rings. The van der Waals surface area contributed by atoms with Crippen LogP contribution in [0, 0.1) is 0 Å². The van der Waals surface area contributed by atoms with Gasteiger partial charge in [0.05, 0.1) is 12.3 Å². The van der Waals surface area contributed by atoms with Crippen LogP contribution in [-0.2, 0) is 6.42 Å². The first-order valence-corrected chi connectivity index (χ1v) is 5.27. The Balaban J connectivity index is 1.85. The molecule has 0 spiro atoms. The number of aromatic nitrogens is 4. The summed E-state index contributed by atoms with van der Waals surface area (Å²) in [4.78, 5) is 0. The van der Waals surface area contributed by atoms with Crippen molar-refractivity contribution >= 4 is 0 Å². The zero-order valence-corrected chi connectivity index (χ0v) is 9.34. The Morgan fingerprint density at radius 1 is 1.50 bits per heavy atom. The molecule has 0 aliphatic carbocycles. The van der Waals surface area contributed by atoms with Gasteiger partial charge in [-0.3, -0.25) is 0 Å². The highest BCUT2D eigenvalue weighted by Crippen LogP contribution is 2.09. The smallest absolute Gasteiger partial charge is 0.191 e. The van der Waals surface area contributed by atoms with Gasteiger partial charge in [-0.1, -0.05) is 5.21 Å². The standard InChI is InChI=1S/C10H15N5O/c1-7(6-9-4-3-5-16-9)11-8(2)10-12-14-15-13-10/h3-5,7-8,11H,6H2,1-2H3,(H,12,13,14,15). The molecule has 0 saturated carbocycles. The molecular weight excluding hydrogens is 206 g/mol. The first-order valence-electron chi connectivity index (χ1n) is 5.27. The average Bonchev–Trinajstić information content (AvgIpc) is 2.88. The van der Waals surface area contributed by atoms with Gasteiger partial charge in [-0.2, -0.15) is 5.21 Å². The highest BCUT2D eigenvalue weighted by Gasteiger charge is 2.14. The molecule has 16 heavy (non-hydrogen) atoms. The third-order valence-electron chi connectivity index (χ3n) is 2.37. The van der Waals surface area contributed by atoms with Crippen LogP contribution in [0.3, 0.4) is 0 Å². The topological polar surface area (TPSA) is 79.6 Å². The number of aromatic amines is 1. The van der Waals surface area contributed by atoms with Gasteiger partial charge in [0.25, 0.3) is 0 Å². The van der Waals surface area contributed by atoms with Crippen LogP contribution in [0.15, 0.2) is 22.8 Å². The van der Waals surface area contributed by atoms with Gasteiger partial charge in [0.2, 0.25) is 0 Å². The summed E-state index contributed by atoms with van der Waals surface area (Å²) in [6.07, 6.45) is 2.53. The van der Waals surface area contributed by atoms with Crippen LogP contribution < -0.4 is 5.32 Å². The maximum absolute atomic E-state index is 5.29. The minimum absolute atomic E-state index is 0.0729. The fourth-order valence-corrected chi connectivity index (χ4v) is 1.64. The van der Waals surface area contributed by atoms with E-state index in [1.54, 1.807) is 6.26 Å². The number of H-pyrrole nitrogens is 1. The molecule has 2 heterocycles. The van der Waals surface area contributed by atoms with Gasteiger partial charge < -0.3 is 9.73 Å². The molecule has 2 unspecified atom stereocenters. The summed E-state index contributed by atoms with van der Waals surface area (Å²) in [5.41, 5.74) is 0. The average molecular weight is 221 g/mol. The summed E-state index contributed by atoms with van der Waals surface area (Å²) >= 11 is 0. The molecule has 2 aromatic rings.